The molecule has 0 spiro atoms. The van der Waals surface area contributed by atoms with Crippen molar-refractivity contribution < 1.29 is 9.53 Å². The third kappa shape index (κ3) is 2.88. The van der Waals surface area contributed by atoms with Gasteiger partial charge in [0, 0.05) is 24.2 Å². The normalized spacial score (nSPS) is 10.1. The Morgan fingerprint density at radius 3 is 2.83 bits per heavy atom. The van der Waals surface area contributed by atoms with Gasteiger partial charge in [0.05, 0.1) is 19.0 Å². The Balaban J connectivity index is 2.20. The number of aromatic nitrogens is 3. The third-order valence-electron chi connectivity index (χ3n) is 2.24. The number of hydrogen-bond acceptors (Lipinski definition) is 5. The Morgan fingerprint density at radius 1 is 1.22 bits per heavy atom. The number of rotatable bonds is 5. The molecule has 2 heterocycles. The number of hydrogen-bond donors (Lipinski definition) is 0. The van der Waals surface area contributed by atoms with E-state index in [9.17, 15) is 4.79 Å². The third-order valence-corrected chi connectivity index (χ3v) is 2.24. The van der Waals surface area contributed by atoms with Crippen LogP contribution in [0, 0.1) is 0 Å². The van der Waals surface area contributed by atoms with E-state index in [-0.39, 0.29) is 5.78 Å². The molecular formula is C13H13N3O2. The van der Waals surface area contributed by atoms with Crippen LogP contribution in [0.4, 0.5) is 0 Å². The first-order valence-electron chi connectivity index (χ1n) is 5.70. The van der Waals surface area contributed by atoms with Gasteiger partial charge >= 0.3 is 0 Å². The Labute approximate surface area is 105 Å². The van der Waals surface area contributed by atoms with Crippen molar-refractivity contribution in [3.63, 3.8) is 0 Å². The summed E-state index contributed by atoms with van der Waals surface area (Å²) < 4.78 is 5.43. The highest BCUT2D eigenvalue weighted by Gasteiger charge is 2.11. The van der Waals surface area contributed by atoms with Gasteiger partial charge in [0.1, 0.15) is 11.4 Å². The Morgan fingerprint density at radius 2 is 2.11 bits per heavy atom. The van der Waals surface area contributed by atoms with Gasteiger partial charge in [-0.25, -0.2) is 4.98 Å². The van der Waals surface area contributed by atoms with Crippen LogP contribution in [-0.4, -0.2) is 27.3 Å². The van der Waals surface area contributed by atoms with E-state index >= 15 is 0 Å². The molecule has 0 atom stereocenters. The zero-order valence-corrected chi connectivity index (χ0v) is 10.0. The number of ketones is 1. The minimum Gasteiger partial charge on any atom is -0.492 e. The van der Waals surface area contributed by atoms with E-state index in [1.54, 1.807) is 12.3 Å². The molecule has 0 aromatic carbocycles. The molecule has 0 aliphatic rings. The fraction of sp³-hybridized carbons (Fsp3) is 0.231. The summed E-state index contributed by atoms with van der Waals surface area (Å²) in [6, 6.07) is 1.67. The van der Waals surface area contributed by atoms with E-state index in [0.29, 0.717) is 23.6 Å². The number of ether oxygens (including phenoxy) is 1. The molecule has 5 nitrogen and oxygen atoms in total. The second-order valence-electron chi connectivity index (χ2n) is 3.68. The summed E-state index contributed by atoms with van der Waals surface area (Å²) >= 11 is 0. The summed E-state index contributed by atoms with van der Waals surface area (Å²) in [7, 11) is 0. The van der Waals surface area contributed by atoms with E-state index in [1.807, 2.05) is 6.92 Å². The molecule has 0 unspecified atom stereocenters. The van der Waals surface area contributed by atoms with E-state index in [2.05, 4.69) is 15.0 Å². The van der Waals surface area contributed by atoms with Crippen LogP contribution >= 0.6 is 0 Å². The van der Waals surface area contributed by atoms with E-state index in [4.69, 9.17) is 4.74 Å². The minimum atomic E-state index is -0.211. The van der Waals surface area contributed by atoms with Gasteiger partial charge in [-0.15, -0.1) is 0 Å². The maximum Gasteiger partial charge on any atom is 0.214 e. The first kappa shape index (κ1) is 12.2. The van der Waals surface area contributed by atoms with E-state index in [0.717, 1.165) is 6.42 Å². The molecule has 0 aliphatic heterocycles. The van der Waals surface area contributed by atoms with Crippen LogP contribution < -0.4 is 4.74 Å². The van der Waals surface area contributed by atoms with Gasteiger partial charge in [-0.3, -0.25) is 14.8 Å². The Hall–Kier alpha value is -2.30. The molecule has 2 aromatic heterocycles. The monoisotopic (exact) mass is 243 g/mol. The smallest absolute Gasteiger partial charge is 0.214 e. The lowest BCUT2D eigenvalue weighted by Crippen LogP contribution is -2.05. The van der Waals surface area contributed by atoms with Gasteiger partial charge in [0.25, 0.3) is 0 Å². The summed E-state index contributed by atoms with van der Waals surface area (Å²) in [6.07, 6.45) is 8.43. The molecule has 92 valence electrons. The van der Waals surface area contributed by atoms with Crippen molar-refractivity contribution in [3.05, 3.63) is 48.3 Å². The average Bonchev–Trinajstić information content (AvgIpc) is 2.45. The molecule has 0 saturated carbocycles. The maximum absolute atomic E-state index is 12.1. The average molecular weight is 243 g/mol. The van der Waals surface area contributed by atoms with Crippen molar-refractivity contribution in [2.24, 2.45) is 0 Å². The molecule has 18 heavy (non-hydrogen) atoms. The van der Waals surface area contributed by atoms with Crippen LogP contribution in [0.25, 0.3) is 0 Å². The SMILES string of the molecule is CCCOc1cncc(C(=O)c2cnccn2)c1. The molecule has 0 fully saturated rings. The number of carbonyl (C=O) groups is 1. The summed E-state index contributed by atoms with van der Waals surface area (Å²) in [5, 5.41) is 0. The molecule has 0 bridgehead atoms. The van der Waals surface area contributed by atoms with Crippen molar-refractivity contribution >= 4 is 5.78 Å². The minimum absolute atomic E-state index is 0.211. The lowest BCUT2D eigenvalue weighted by Gasteiger charge is -2.05. The molecular weight excluding hydrogens is 230 g/mol. The van der Waals surface area contributed by atoms with Gasteiger partial charge in [-0.1, -0.05) is 6.92 Å². The number of carbonyl (C=O) groups excluding carboxylic acids is 1. The van der Waals surface area contributed by atoms with Crippen LogP contribution in [0.3, 0.4) is 0 Å². The molecule has 0 radical (unpaired) electrons. The van der Waals surface area contributed by atoms with Crippen LogP contribution in [0.2, 0.25) is 0 Å². The molecule has 5 heteroatoms. The molecule has 2 rings (SSSR count). The molecule has 2 aromatic rings. The highest BCUT2D eigenvalue weighted by molar-refractivity contribution is 6.07. The Kier molecular flexibility index (Phi) is 3.96. The summed E-state index contributed by atoms with van der Waals surface area (Å²) in [5.41, 5.74) is 0.746. The fourth-order valence-corrected chi connectivity index (χ4v) is 1.41. The summed E-state index contributed by atoms with van der Waals surface area (Å²) in [4.78, 5) is 23.9. The molecule has 0 amide bonds. The molecule has 0 aliphatic carbocycles. The molecule has 0 saturated heterocycles. The first-order chi connectivity index (χ1) is 8.81. The fourth-order valence-electron chi connectivity index (χ4n) is 1.41. The predicted octanol–water partition coefficient (Wildman–Crippen LogP) is 1.89. The molecule has 0 N–H and O–H groups in total. The van der Waals surface area contributed by atoms with Gasteiger partial charge in [0.2, 0.25) is 5.78 Å². The number of nitrogens with zero attached hydrogens (tertiary/aromatic N) is 3. The van der Waals surface area contributed by atoms with Crippen LogP contribution in [-0.2, 0) is 0 Å². The summed E-state index contributed by atoms with van der Waals surface area (Å²) in [6.45, 7) is 2.62. The van der Waals surface area contributed by atoms with Crippen molar-refractivity contribution in [2.75, 3.05) is 6.61 Å². The standard InChI is InChI=1S/C13H13N3O2/c1-2-5-18-11-6-10(7-15-8-11)13(17)12-9-14-3-4-16-12/h3-4,6-9H,2,5H2,1H3. The predicted molar refractivity (Wildman–Crippen MR) is 65.5 cm³/mol. The second-order valence-corrected chi connectivity index (χ2v) is 3.68. The van der Waals surface area contributed by atoms with Crippen LogP contribution in [0.1, 0.15) is 29.4 Å². The summed E-state index contributed by atoms with van der Waals surface area (Å²) in [5.74, 6) is 0.379. The topological polar surface area (TPSA) is 65.0 Å². The highest BCUT2D eigenvalue weighted by atomic mass is 16.5. The highest BCUT2D eigenvalue weighted by Crippen LogP contribution is 2.14. The van der Waals surface area contributed by atoms with Crippen LogP contribution in [0.5, 0.6) is 5.75 Å². The van der Waals surface area contributed by atoms with E-state index < -0.39 is 0 Å². The van der Waals surface area contributed by atoms with Crippen molar-refractivity contribution in [3.8, 4) is 5.75 Å². The first-order valence-corrected chi connectivity index (χ1v) is 5.70. The van der Waals surface area contributed by atoms with Crippen molar-refractivity contribution in [1.29, 1.82) is 0 Å². The van der Waals surface area contributed by atoms with Crippen molar-refractivity contribution in [2.45, 2.75) is 13.3 Å². The van der Waals surface area contributed by atoms with Gasteiger partial charge < -0.3 is 4.74 Å². The second kappa shape index (κ2) is 5.86. The largest absolute Gasteiger partial charge is 0.492 e. The van der Waals surface area contributed by atoms with Crippen LogP contribution in [0.15, 0.2) is 37.1 Å². The Bertz CT molecular complexity index is 529. The lowest BCUT2D eigenvalue weighted by atomic mass is 10.1. The quantitative estimate of drug-likeness (QED) is 0.750. The van der Waals surface area contributed by atoms with Gasteiger partial charge in [0.15, 0.2) is 0 Å². The van der Waals surface area contributed by atoms with Gasteiger partial charge in [-0.05, 0) is 12.5 Å². The zero-order chi connectivity index (χ0) is 12.8. The zero-order valence-electron chi connectivity index (χ0n) is 10.0. The number of pyridine rings is 1. The lowest BCUT2D eigenvalue weighted by molar-refractivity contribution is 0.103. The van der Waals surface area contributed by atoms with Gasteiger partial charge in [-0.2, -0.15) is 0 Å². The van der Waals surface area contributed by atoms with E-state index in [1.165, 1.54) is 24.8 Å². The van der Waals surface area contributed by atoms with Crippen molar-refractivity contribution in [1.82, 2.24) is 15.0 Å². The maximum atomic E-state index is 12.1.